The third kappa shape index (κ3) is 5.38. The molecule has 0 fully saturated rings. The Morgan fingerprint density at radius 1 is 1.00 bits per heavy atom. The number of para-hydroxylation sites is 1. The van der Waals surface area contributed by atoms with Crippen LogP contribution in [0.15, 0.2) is 53.3 Å². The van der Waals surface area contributed by atoms with Crippen LogP contribution in [-0.2, 0) is 0 Å². The van der Waals surface area contributed by atoms with Crippen LogP contribution >= 0.6 is 34.8 Å². The van der Waals surface area contributed by atoms with Crippen molar-refractivity contribution in [3.8, 4) is 5.69 Å². The number of hydrazine groups is 1. The molecule has 33 heavy (non-hydrogen) atoms. The predicted molar refractivity (Wildman–Crippen MR) is 129 cm³/mol. The van der Waals surface area contributed by atoms with Gasteiger partial charge in [-0.1, -0.05) is 46.9 Å². The molecule has 0 atom stereocenters. The summed E-state index contributed by atoms with van der Waals surface area (Å²) in [5, 5.41) is 6.22. The van der Waals surface area contributed by atoms with Crippen molar-refractivity contribution < 1.29 is 9.59 Å². The van der Waals surface area contributed by atoms with Gasteiger partial charge in [-0.25, -0.2) is 9.69 Å². The molecule has 1 N–H and O–H groups in total. The molecular formula is C23H21Cl3N4O3. The van der Waals surface area contributed by atoms with E-state index in [0.717, 1.165) is 5.01 Å². The van der Waals surface area contributed by atoms with Crippen LogP contribution in [-0.4, -0.2) is 32.1 Å². The maximum Gasteiger partial charge on any atom is 0.294 e. The maximum atomic E-state index is 13.2. The summed E-state index contributed by atoms with van der Waals surface area (Å²) < 4.78 is 1.40. The zero-order valence-electron chi connectivity index (χ0n) is 18.3. The zero-order chi connectivity index (χ0) is 24.5. The van der Waals surface area contributed by atoms with Crippen LogP contribution in [0.5, 0.6) is 0 Å². The number of rotatable bonds is 3. The summed E-state index contributed by atoms with van der Waals surface area (Å²) in [6.45, 7) is 6.84. The average Bonchev–Trinajstić information content (AvgIpc) is 2.71. The van der Waals surface area contributed by atoms with Crippen molar-refractivity contribution >= 4 is 46.6 Å². The van der Waals surface area contributed by atoms with Gasteiger partial charge in [0.05, 0.1) is 26.8 Å². The standard InChI is InChI=1S/C23H21Cl3N4O3/c1-13-11-19(31)20(27-29(13)18-8-6-5-7-16(18)25)21(32)28-30(23(2,3)4)22(33)15-10-9-14(24)12-17(15)26/h5-12H,1-4H3,(H,28,32). The number of hydrogen-bond acceptors (Lipinski definition) is 4. The molecule has 0 bridgehead atoms. The normalized spacial score (nSPS) is 11.2. The summed E-state index contributed by atoms with van der Waals surface area (Å²) in [5.74, 6) is -1.43. The van der Waals surface area contributed by atoms with Crippen LogP contribution < -0.4 is 10.9 Å². The number of halogens is 3. The van der Waals surface area contributed by atoms with E-state index in [1.54, 1.807) is 52.0 Å². The summed E-state index contributed by atoms with van der Waals surface area (Å²) in [5.41, 5.74) is 1.79. The fourth-order valence-corrected chi connectivity index (χ4v) is 3.74. The highest BCUT2D eigenvalue weighted by molar-refractivity contribution is 6.36. The van der Waals surface area contributed by atoms with Crippen molar-refractivity contribution in [1.82, 2.24) is 20.2 Å². The van der Waals surface area contributed by atoms with Crippen LogP contribution in [0.25, 0.3) is 5.69 Å². The van der Waals surface area contributed by atoms with Gasteiger partial charge in [-0.15, -0.1) is 0 Å². The van der Waals surface area contributed by atoms with E-state index in [9.17, 15) is 14.4 Å². The SMILES string of the molecule is Cc1cc(=O)c(C(=O)NN(C(=O)c2ccc(Cl)cc2Cl)C(C)(C)C)nn1-c1ccccc1Cl. The molecule has 2 amide bonds. The molecule has 10 heteroatoms. The van der Waals surface area contributed by atoms with Crippen molar-refractivity contribution in [2.75, 3.05) is 0 Å². The minimum Gasteiger partial charge on any atom is -0.287 e. The minimum atomic E-state index is -0.859. The Hall–Kier alpha value is -2.87. The van der Waals surface area contributed by atoms with E-state index in [2.05, 4.69) is 10.5 Å². The zero-order valence-corrected chi connectivity index (χ0v) is 20.6. The molecule has 0 spiro atoms. The molecule has 0 aliphatic carbocycles. The van der Waals surface area contributed by atoms with Gasteiger partial charge in [0.1, 0.15) is 0 Å². The second-order valence-corrected chi connectivity index (χ2v) is 9.49. The first-order valence-corrected chi connectivity index (χ1v) is 11.0. The van der Waals surface area contributed by atoms with Gasteiger partial charge in [0.25, 0.3) is 11.8 Å². The summed E-state index contributed by atoms with van der Waals surface area (Å²) in [6.07, 6.45) is 0. The monoisotopic (exact) mass is 506 g/mol. The lowest BCUT2D eigenvalue weighted by Crippen LogP contribution is -2.56. The highest BCUT2D eigenvalue weighted by atomic mass is 35.5. The van der Waals surface area contributed by atoms with Gasteiger partial charge < -0.3 is 0 Å². The minimum absolute atomic E-state index is 0.130. The number of benzene rings is 2. The Bertz CT molecular complexity index is 1300. The van der Waals surface area contributed by atoms with Crippen LogP contribution in [0.3, 0.4) is 0 Å². The van der Waals surface area contributed by atoms with Crippen LogP contribution in [0.2, 0.25) is 15.1 Å². The molecule has 1 heterocycles. The Morgan fingerprint density at radius 3 is 2.27 bits per heavy atom. The molecule has 7 nitrogen and oxygen atoms in total. The summed E-state index contributed by atoms with van der Waals surface area (Å²) >= 11 is 18.4. The number of carbonyl (C=O) groups excluding carboxylic acids is 2. The highest BCUT2D eigenvalue weighted by Gasteiger charge is 2.32. The lowest BCUT2D eigenvalue weighted by molar-refractivity contribution is 0.0356. The molecule has 0 radical (unpaired) electrons. The van der Waals surface area contributed by atoms with E-state index in [0.29, 0.717) is 21.4 Å². The number of hydrogen-bond donors (Lipinski definition) is 1. The Labute approximate surface area is 205 Å². The average molecular weight is 508 g/mol. The van der Waals surface area contributed by atoms with Crippen LogP contribution in [0.1, 0.15) is 47.3 Å². The van der Waals surface area contributed by atoms with Crippen LogP contribution in [0.4, 0.5) is 0 Å². The topological polar surface area (TPSA) is 84.3 Å². The number of nitrogens with zero attached hydrogens (tertiary/aromatic N) is 3. The molecule has 2 aromatic carbocycles. The fourth-order valence-electron chi connectivity index (χ4n) is 3.03. The van der Waals surface area contributed by atoms with Gasteiger partial charge in [-0.3, -0.25) is 19.8 Å². The maximum absolute atomic E-state index is 13.2. The number of nitrogens with one attached hydrogen (secondary N) is 1. The third-order valence-electron chi connectivity index (χ3n) is 4.65. The van der Waals surface area contributed by atoms with Crippen molar-refractivity contribution in [1.29, 1.82) is 0 Å². The third-order valence-corrected chi connectivity index (χ3v) is 5.52. The summed E-state index contributed by atoms with van der Waals surface area (Å²) in [4.78, 5) is 38.9. The number of aryl methyl sites for hydroxylation is 1. The Kier molecular flexibility index (Phi) is 7.17. The lowest BCUT2D eigenvalue weighted by Gasteiger charge is -2.35. The smallest absolute Gasteiger partial charge is 0.287 e. The summed E-state index contributed by atoms with van der Waals surface area (Å²) in [7, 11) is 0. The van der Waals surface area contributed by atoms with E-state index in [4.69, 9.17) is 34.8 Å². The molecule has 1 aromatic heterocycles. The lowest BCUT2D eigenvalue weighted by atomic mass is 10.1. The molecule has 0 saturated heterocycles. The second kappa shape index (κ2) is 9.55. The van der Waals surface area contributed by atoms with E-state index < -0.39 is 28.5 Å². The van der Waals surface area contributed by atoms with Gasteiger partial charge in [0, 0.05) is 16.8 Å². The van der Waals surface area contributed by atoms with Gasteiger partial charge in [-0.2, -0.15) is 5.10 Å². The molecule has 0 saturated carbocycles. The van der Waals surface area contributed by atoms with Crippen molar-refractivity contribution in [2.24, 2.45) is 0 Å². The Morgan fingerprint density at radius 2 is 1.67 bits per heavy atom. The van der Waals surface area contributed by atoms with E-state index in [1.165, 1.54) is 28.9 Å². The van der Waals surface area contributed by atoms with Crippen molar-refractivity contribution in [3.63, 3.8) is 0 Å². The van der Waals surface area contributed by atoms with E-state index in [1.807, 2.05) is 0 Å². The molecule has 3 rings (SSSR count). The number of carbonyl (C=O) groups is 2. The molecule has 0 aliphatic rings. The van der Waals surface area contributed by atoms with Gasteiger partial charge in [0.15, 0.2) is 5.69 Å². The molecule has 172 valence electrons. The van der Waals surface area contributed by atoms with Crippen LogP contribution in [0, 0.1) is 6.92 Å². The second-order valence-electron chi connectivity index (χ2n) is 8.24. The number of amides is 2. The van der Waals surface area contributed by atoms with E-state index in [-0.39, 0.29) is 10.6 Å². The van der Waals surface area contributed by atoms with E-state index >= 15 is 0 Å². The first kappa shape index (κ1) is 24.8. The fraction of sp³-hybridized carbons (Fsp3) is 0.217. The number of aromatic nitrogens is 2. The van der Waals surface area contributed by atoms with Gasteiger partial charge in [0.2, 0.25) is 5.43 Å². The molecule has 0 unspecified atom stereocenters. The first-order chi connectivity index (χ1) is 15.4. The predicted octanol–water partition coefficient (Wildman–Crippen LogP) is 5.09. The van der Waals surface area contributed by atoms with Crippen molar-refractivity contribution in [2.45, 2.75) is 33.2 Å². The largest absolute Gasteiger partial charge is 0.294 e. The van der Waals surface area contributed by atoms with Gasteiger partial charge in [-0.05, 0) is 58.0 Å². The molecule has 0 aliphatic heterocycles. The first-order valence-electron chi connectivity index (χ1n) is 9.86. The quantitative estimate of drug-likeness (QED) is 0.501. The molecular weight excluding hydrogens is 487 g/mol. The highest BCUT2D eigenvalue weighted by Crippen LogP contribution is 2.25. The van der Waals surface area contributed by atoms with Gasteiger partial charge >= 0.3 is 0 Å². The molecule has 3 aromatic rings. The van der Waals surface area contributed by atoms with Crippen molar-refractivity contribution in [3.05, 3.63) is 90.8 Å². The summed E-state index contributed by atoms with van der Waals surface area (Å²) in [6, 6.07) is 12.6. The Balaban J connectivity index is 2.01.